The Labute approximate surface area is 114 Å². The fourth-order valence-corrected chi connectivity index (χ4v) is 2.39. The quantitative estimate of drug-likeness (QED) is 0.842. The molecule has 2 rings (SSSR count). The van der Waals surface area contributed by atoms with E-state index in [1.54, 1.807) is 7.05 Å². The SMILES string of the molecule is CN(Cc1ccc(F)cc1F)C(=O)Cc1cccs1. The van der Waals surface area contributed by atoms with Crippen LogP contribution >= 0.6 is 11.3 Å². The van der Waals surface area contributed by atoms with Crippen molar-refractivity contribution in [1.82, 2.24) is 4.90 Å². The zero-order valence-electron chi connectivity index (χ0n) is 10.4. The lowest BCUT2D eigenvalue weighted by Crippen LogP contribution is -2.27. The fourth-order valence-electron chi connectivity index (χ4n) is 1.69. The molecule has 0 fully saturated rings. The number of carbonyl (C=O) groups excluding carboxylic acids is 1. The van der Waals surface area contributed by atoms with Gasteiger partial charge >= 0.3 is 0 Å². The highest BCUT2D eigenvalue weighted by Gasteiger charge is 2.13. The molecule has 0 radical (unpaired) electrons. The van der Waals surface area contributed by atoms with Gasteiger partial charge in [0.2, 0.25) is 5.91 Å². The van der Waals surface area contributed by atoms with Crippen LogP contribution in [0.2, 0.25) is 0 Å². The maximum atomic E-state index is 13.5. The molecule has 1 aromatic heterocycles. The molecule has 1 aromatic carbocycles. The molecule has 0 aliphatic rings. The summed E-state index contributed by atoms with van der Waals surface area (Å²) in [4.78, 5) is 14.3. The van der Waals surface area contributed by atoms with Crippen LogP contribution in [0.5, 0.6) is 0 Å². The summed E-state index contributed by atoms with van der Waals surface area (Å²) in [6.45, 7) is 0.135. The first-order valence-corrected chi connectivity index (χ1v) is 6.64. The van der Waals surface area contributed by atoms with Crippen LogP contribution in [0, 0.1) is 11.6 Å². The molecule has 0 saturated heterocycles. The van der Waals surface area contributed by atoms with Crippen LogP contribution in [0.25, 0.3) is 0 Å². The van der Waals surface area contributed by atoms with Gasteiger partial charge < -0.3 is 4.90 Å². The fraction of sp³-hybridized carbons (Fsp3) is 0.214. The summed E-state index contributed by atoms with van der Waals surface area (Å²) in [5.41, 5.74) is 0.309. The molecule has 2 aromatic rings. The zero-order chi connectivity index (χ0) is 13.8. The van der Waals surface area contributed by atoms with E-state index in [2.05, 4.69) is 0 Å². The first-order chi connectivity index (χ1) is 9.06. The Balaban J connectivity index is 2.00. The van der Waals surface area contributed by atoms with Crippen molar-refractivity contribution in [1.29, 1.82) is 0 Å². The first kappa shape index (κ1) is 13.7. The third-order valence-corrected chi connectivity index (χ3v) is 3.63. The normalized spacial score (nSPS) is 10.5. The second kappa shape index (κ2) is 5.93. The number of likely N-dealkylation sites (N-methyl/N-ethyl adjacent to an activating group) is 1. The molecule has 19 heavy (non-hydrogen) atoms. The summed E-state index contributed by atoms with van der Waals surface area (Å²) in [6, 6.07) is 7.14. The largest absolute Gasteiger partial charge is 0.341 e. The minimum absolute atomic E-state index is 0.0915. The molecular formula is C14H13F2NOS. The number of carbonyl (C=O) groups is 1. The van der Waals surface area contributed by atoms with E-state index >= 15 is 0 Å². The smallest absolute Gasteiger partial charge is 0.227 e. The number of hydrogen-bond donors (Lipinski definition) is 0. The summed E-state index contributed by atoms with van der Waals surface area (Å²) in [5.74, 6) is -1.34. The average molecular weight is 281 g/mol. The lowest BCUT2D eigenvalue weighted by molar-refractivity contribution is -0.129. The Bertz CT molecular complexity index is 569. The van der Waals surface area contributed by atoms with E-state index in [0.29, 0.717) is 12.0 Å². The van der Waals surface area contributed by atoms with Crippen LogP contribution < -0.4 is 0 Å². The topological polar surface area (TPSA) is 20.3 Å². The number of benzene rings is 1. The standard InChI is InChI=1S/C14H13F2NOS/c1-17(14(18)8-12-3-2-6-19-12)9-10-4-5-11(15)7-13(10)16/h2-7H,8-9H2,1H3. The second-order valence-electron chi connectivity index (χ2n) is 4.24. The molecule has 0 atom stereocenters. The number of nitrogens with zero attached hydrogens (tertiary/aromatic N) is 1. The van der Waals surface area contributed by atoms with Gasteiger partial charge in [0.15, 0.2) is 0 Å². The van der Waals surface area contributed by atoms with Gasteiger partial charge in [-0.2, -0.15) is 0 Å². The Hall–Kier alpha value is -1.75. The molecule has 0 spiro atoms. The number of hydrogen-bond acceptors (Lipinski definition) is 2. The van der Waals surface area contributed by atoms with Crippen LogP contribution in [-0.4, -0.2) is 17.9 Å². The molecule has 5 heteroatoms. The Kier molecular flexibility index (Phi) is 4.27. The number of amides is 1. The van der Waals surface area contributed by atoms with Gasteiger partial charge in [-0.3, -0.25) is 4.79 Å². The molecular weight excluding hydrogens is 268 g/mol. The minimum Gasteiger partial charge on any atom is -0.341 e. The summed E-state index contributed by atoms with van der Waals surface area (Å²) in [5, 5.41) is 1.91. The van der Waals surface area contributed by atoms with E-state index in [9.17, 15) is 13.6 Å². The predicted molar refractivity (Wildman–Crippen MR) is 70.9 cm³/mol. The van der Waals surface area contributed by atoms with Crippen LogP contribution in [0.15, 0.2) is 35.7 Å². The molecule has 1 heterocycles. The molecule has 0 aliphatic carbocycles. The van der Waals surface area contributed by atoms with Gasteiger partial charge in [0.05, 0.1) is 6.42 Å². The van der Waals surface area contributed by atoms with Crippen molar-refractivity contribution >= 4 is 17.2 Å². The van der Waals surface area contributed by atoms with E-state index in [4.69, 9.17) is 0 Å². The monoisotopic (exact) mass is 281 g/mol. The van der Waals surface area contributed by atoms with Crippen LogP contribution in [-0.2, 0) is 17.8 Å². The highest BCUT2D eigenvalue weighted by Crippen LogP contribution is 2.14. The lowest BCUT2D eigenvalue weighted by Gasteiger charge is -2.17. The van der Waals surface area contributed by atoms with Crippen molar-refractivity contribution in [3.05, 3.63) is 57.8 Å². The van der Waals surface area contributed by atoms with Gasteiger partial charge in [0, 0.05) is 30.1 Å². The number of halogens is 2. The van der Waals surface area contributed by atoms with Gasteiger partial charge in [-0.15, -0.1) is 11.3 Å². The highest BCUT2D eigenvalue weighted by atomic mass is 32.1. The lowest BCUT2D eigenvalue weighted by atomic mass is 10.2. The number of thiophene rings is 1. The highest BCUT2D eigenvalue weighted by molar-refractivity contribution is 7.10. The zero-order valence-corrected chi connectivity index (χ0v) is 11.2. The van der Waals surface area contributed by atoms with Gasteiger partial charge in [0.1, 0.15) is 11.6 Å². The van der Waals surface area contributed by atoms with Gasteiger partial charge in [-0.1, -0.05) is 12.1 Å². The van der Waals surface area contributed by atoms with E-state index in [1.165, 1.54) is 28.4 Å². The second-order valence-corrected chi connectivity index (χ2v) is 5.27. The van der Waals surface area contributed by atoms with Gasteiger partial charge in [0.25, 0.3) is 0 Å². The first-order valence-electron chi connectivity index (χ1n) is 5.76. The maximum absolute atomic E-state index is 13.5. The van der Waals surface area contributed by atoms with Gasteiger partial charge in [-0.25, -0.2) is 8.78 Å². The van der Waals surface area contributed by atoms with Crippen molar-refractivity contribution in [2.75, 3.05) is 7.05 Å². The molecule has 2 nitrogen and oxygen atoms in total. The van der Waals surface area contributed by atoms with E-state index in [0.717, 1.165) is 10.9 Å². The summed E-state index contributed by atoms with van der Waals surface area (Å²) < 4.78 is 26.3. The van der Waals surface area contributed by atoms with Crippen LogP contribution in [0.3, 0.4) is 0 Å². The van der Waals surface area contributed by atoms with Gasteiger partial charge in [-0.05, 0) is 17.5 Å². The van der Waals surface area contributed by atoms with Crippen molar-refractivity contribution in [2.24, 2.45) is 0 Å². The number of rotatable bonds is 4. The Morgan fingerprint density at radius 2 is 2.11 bits per heavy atom. The Morgan fingerprint density at radius 3 is 2.74 bits per heavy atom. The van der Waals surface area contributed by atoms with Crippen molar-refractivity contribution < 1.29 is 13.6 Å². The van der Waals surface area contributed by atoms with E-state index in [1.807, 2.05) is 17.5 Å². The van der Waals surface area contributed by atoms with Crippen molar-refractivity contribution in [2.45, 2.75) is 13.0 Å². The molecule has 0 bridgehead atoms. The summed E-state index contributed by atoms with van der Waals surface area (Å²) >= 11 is 1.51. The van der Waals surface area contributed by atoms with Crippen molar-refractivity contribution in [3.63, 3.8) is 0 Å². The predicted octanol–water partition coefficient (Wildman–Crippen LogP) is 3.23. The molecule has 0 saturated carbocycles. The van der Waals surface area contributed by atoms with Crippen LogP contribution in [0.1, 0.15) is 10.4 Å². The summed E-state index contributed by atoms with van der Waals surface area (Å²) in [7, 11) is 1.61. The summed E-state index contributed by atoms with van der Waals surface area (Å²) in [6.07, 6.45) is 0.303. The third-order valence-electron chi connectivity index (χ3n) is 2.75. The Morgan fingerprint density at radius 1 is 1.32 bits per heavy atom. The molecule has 100 valence electrons. The molecule has 0 N–H and O–H groups in total. The maximum Gasteiger partial charge on any atom is 0.227 e. The van der Waals surface area contributed by atoms with E-state index < -0.39 is 11.6 Å². The third kappa shape index (κ3) is 3.61. The van der Waals surface area contributed by atoms with E-state index in [-0.39, 0.29) is 12.5 Å². The minimum atomic E-state index is -0.629. The average Bonchev–Trinajstić information content (AvgIpc) is 2.85. The molecule has 0 aliphatic heterocycles. The van der Waals surface area contributed by atoms with Crippen LogP contribution in [0.4, 0.5) is 8.78 Å². The van der Waals surface area contributed by atoms with Crippen molar-refractivity contribution in [3.8, 4) is 0 Å². The molecule has 1 amide bonds. The molecule has 0 unspecified atom stereocenters.